The second-order valence-electron chi connectivity index (χ2n) is 3.91. The van der Waals surface area contributed by atoms with Gasteiger partial charge in [-0.1, -0.05) is 0 Å². The number of carboxylic acid groups (broad SMARTS) is 1. The van der Waals surface area contributed by atoms with Gasteiger partial charge in [-0.25, -0.2) is 9.59 Å². The summed E-state index contributed by atoms with van der Waals surface area (Å²) in [6.45, 7) is -0.241. The lowest BCUT2D eigenvalue weighted by Gasteiger charge is -2.13. The number of urea groups is 1. The lowest BCUT2D eigenvalue weighted by atomic mass is 10.1. The average Bonchev–Trinajstić information content (AvgIpc) is 2.76. The molecule has 0 saturated carbocycles. The quantitative estimate of drug-likeness (QED) is 0.680. The van der Waals surface area contributed by atoms with E-state index in [0.29, 0.717) is 0 Å². The van der Waals surface area contributed by atoms with Gasteiger partial charge in [0.15, 0.2) is 6.04 Å². The number of hydrogen-bond donors (Lipinski definition) is 3. The Hall–Kier alpha value is -1.91. The fourth-order valence-corrected chi connectivity index (χ4v) is 1.83. The number of carbonyl (C=O) groups is 2. The zero-order valence-corrected chi connectivity index (χ0v) is 11.7. The number of rotatable bonds is 6. The molecule has 0 radical (unpaired) electrons. The van der Waals surface area contributed by atoms with Crippen LogP contribution in [0.2, 0.25) is 0 Å². The first-order valence-electron chi connectivity index (χ1n) is 5.65. The van der Waals surface area contributed by atoms with Crippen LogP contribution in [-0.2, 0) is 11.8 Å². The van der Waals surface area contributed by atoms with Gasteiger partial charge in [-0.3, -0.25) is 4.68 Å². The minimum atomic E-state index is -4.36. The monoisotopic (exact) mass is 326 g/mol. The molecule has 0 aromatic carbocycles. The summed E-state index contributed by atoms with van der Waals surface area (Å²) in [5, 5.41) is 17.1. The van der Waals surface area contributed by atoms with E-state index < -0.39 is 23.6 Å². The van der Waals surface area contributed by atoms with E-state index in [1.54, 1.807) is 7.05 Å². The molecule has 1 rings (SSSR count). The molecule has 118 valence electrons. The SMILES string of the molecule is Cn1cc(C(NC(=O)NCCSC(F)(F)F)C(=O)O)cn1. The maximum atomic E-state index is 11.9. The third-order valence-corrected chi connectivity index (χ3v) is 2.97. The van der Waals surface area contributed by atoms with Crippen molar-refractivity contribution in [3.8, 4) is 0 Å². The van der Waals surface area contributed by atoms with Crippen LogP contribution in [0.25, 0.3) is 0 Å². The van der Waals surface area contributed by atoms with Crippen molar-refractivity contribution in [2.24, 2.45) is 7.05 Å². The summed E-state index contributed by atoms with van der Waals surface area (Å²) >= 11 is -0.272. The number of carbonyl (C=O) groups excluding carboxylic acids is 1. The Bertz CT molecular complexity index is 506. The molecule has 0 aliphatic heterocycles. The van der Waals surface area contributed by atoms with E-state index in [-0.39, 0.29) is 29.6 Å². The Morgan fingerprint density at radius 3 is 2.67 bits per heavy atom. The molecule has 1 unspecified atom stereocenters. The number of aromatic nitrogens is 2. The van der Waals surface area contributed by atoms with Crippen LogP contribution in [0.3, 0.4) is 0 Å². The van der Waals surface area contributed by atoms with Crippen molar-refractivity contribution in [2.75, 3.05) is 12.3 Å². The molecule has 0 saturated heterocycles. The highest BCUT2D eigenvalue weighted by Crippen LogP contribution is 2.29. The fourth-order valence-electron chi connectivity index (χ4n) is 1.39. The summed E-state index contributed by atoms with van der Waals surface area (Å²) in [5.74, 6) is -1.66. The van der Waals surface area contributed by atoms with Crippen LogP contribution < -0.4 is 10.6 Å². The lowest BCUT2D eigenvalue weighted by Crippen LogP contribution is -2.41. The first-order valence-corrected chi connectivity index (χ1v) is 6.64. The Morgan fingerprint density at radius 1 is 1.52 bits per heavy atom. The van der Waals surface area contributed by atoms with Gasteiger partial charge >= 0.3 is 17.5 Å². The Morgan fingerprint density at radius 2 is 2.19 bits per heavy atom. The summed E-state index contributed by atoms with van der Waals surface area (Å²) in [7, 11) is 1.58. The maximum absolute atomic E-state index is 11.9. The molecular weight excluding hydrogens is 313 g/mol. The summed E-state index contributed by atoms with van der Waals surface area (Å²) in [6, 6.07) is -2.19. The Kier molecular flexibility index (Phi) is 5.88. The van der Waals surface area contributed by atoms with E-state index in [0.717, 1.165) is 0 Å². The van der Waals surface area contributed by atoms with E-state index in [1.165, 1.54) is 17.1 Å². The first kappa shape index (κ1) is 17.1. The zero-order valence-electron chi connectivity index (χ0n) is 10.8. The van der Waals surface area contributed by atoms with Gasteiger partial charge in [0.1, 0.15) is 0 Å². The van der Waals surface area contributed by atoms with Crippen LogP contribution in [0.1, 0.15) is 11.6 Å². The van der Waals surface area contributed by atoms with E-state index in [9.17, 15) is 22.8 Å². The number of aliphatic carboxylic acids is 1. The van der Waals surface area contributed by atoms with Crippen LogP contribution in [0, 0.1) is 0 Å². The largest absolute Gasteiger partial charge is 0.479 e. The second-order valence-corrected chi connectivity index (χ2v) is 5.07. The fraction of sp³-hybridized carbons (Fsp3) is 0.500. The van der Waals surface area contributed by atoms with Crippen LogP contribution in [0.5, 0.6) is 0 Å². The number of halogens is 3. The summed E-state index contributed by atoms with van der Waals surface area (Å²) in [6.07, 6.45) is 2.69. The van der Waals surface area contributed by atoms with Gasteiger partial charge in [0.05, 0.1) is 6.20 Å². The van der Waals surface area contributed by atoms with E-state index >= 15 is 0 Å². The number of thioether (sulfide) groups is 1. The molecule has 2 amide bonds. The van der Waals surface area contributed by atoms with Gasteiger partial charge in [0.25, 0.3) is 0 Å². The molecule has 1 aromatic heterocycles. The number of carboxylic acids is 1. The molecule has 0 aliphatic carbocycles. The molecular formula is C10H13F3N4O3S. The van der Waals surface area contributed by atoms with Gasteiger partial charge in [0.2, 0.25) is 0 Å². The van der Waals surface area contributed by atoms with Crippen molar-refractivity contribution in [1.82, 2.24) is 20.4 Å². The number of hydrogen-bond acceptors (Lipinski definition) is 4. The van der Waals surface area contributed by atoms with Gasteiger partial charge < -0.3 is 15.7 Å². The van der Waals surface area contributed by atoms with E-state index in [1.807, 2.05) is 0 Å². The normalized spacial score (nSPS) is 12.8. The average molecular weight is 326 g/mol. The number of nitrogens with one attached hydrogen (secondary N) is 2. The molecule has 0 fully saturated rings. The van der Waals surface area contributed by atoms with E-state index in [4.69, 9.17) is 5.11 Å². The third-order valence-electron chi connectivity index (χ3n) is 2.23. The number of amides is 2. The topological polar surface area (TPSA) is 96.2 Å². The van der Waals surface area contributed by atoms with Crippen LogP contribution in [0.4, 0.5) is 18.0 Å². The molecule has 0 aliphatic rings. The lowest BCUT2D eigenvalue weighted by molar-refractivity contribution is -0.139. The highest BCUT2D eigenvalue weighted by Gasteiger charge is 2.28. The molecule has 3 N–H and O–H groups in total. The molecule has 0 spiro atoms. The molecule has 1 aromatic rings. The predicted molar refractivity (Wildman–Crippen MR) is 68.6 cm³/mol. The Balaban J connectivity index is 2.45. The van der Waals surface area contributed by atoms with Crippen molar-refractivity contribution >= 4 is 23.8 Å². The number of alkyl halides is 3. The maximum Gasteiger partial charge on any atom is 0.441 e. The predicted octanol–water partition coefficient (Wildman–Crippen LogP) is 1.10. The van der Waals surface area contributed by atoms with Gasteiger partial charge in [0, 0.05) is 31.1 Å². The molecule has 11 heteroatoms. The van der Waals surface area contributed by atoms with Gasteiger partial charge in [-0.05, 0) is 11.8 Å². The van der Waals surface area contributed by atoms with E-state index in [2.05, 4.69) is 15.7 Å². The molecule has 7 nitrogen and oxygen atoms in total. The number of aryl methyl sites for hydroxylation is 1. The standard InChI is InChI=1S/C10H13F3N4O3S/c1-17-5-6(4-15-17)7(8(18)19)16-9(20)14-2-3-21-10(11,12)13/h4-5,7H,2-3H2,1H3,(H,18,19)(H2,14,16,20). The Labute approximate surface area is 121 Å². The van der Waals surface area contributed by atoms with Crippen molar-refractivity contribution < 1.29 is 27.9 Å². The highest BCUT2D eigenvalue weighted by molar-refractivity contribution is 8.00. The smallest absolute Gasteiger partial charge is 0.441 e. The highest BCUT2D eigenvalue weighted by atomic mass is 32.2. The number of nitrogens with zero attached hydrogens (tertiary/aromatic N) is 2. The van der Waals surface area contributed by atoms with Crippen molar-refractivity contribution in [3.05, 3.63) is 18.0 Å². The minimum Gasteiger partial charge on any atom is -0.479 e. The first-order chi connectivity index (χ1) is 9.69. The molecule has 1 heterocycles. The zero-order chi connectivity index (χ0) is 16.0. The minimum absolute atomic E-state index is 0.241. The molecule has 1 atom stereocenters. The summed E-state index contributed by atoms with van der Waals surface area (Å²) in [5.41, 5.74) is -4.11. The molecule has 0 bridgehead atoms. The van der Waals surface area contributed by atoms with Crippen LogP contribution in [-0.4, -0.2) is 44.7 Å². The summed E-state index contributed by atoms with van der Waals surface area (Å²) < 4.78 is 37.0. The van der Waals surface area contributed by atoms with Gasteiger partial charge in [-0.2, -0.15) is 18.3 Å². The van der Waals surface area contributed by atoms with Crippen LogP contribution >= 0.6 is 11.8 Å². The van der Waals surface area contributed by atoms with Crippen molar-refractivity contribution in [3.63, 3.8) is 0 Å². The van der Waals surface area contributed by atoms with Crippen molar-refractivity contribution in [2.45, 2.75) is 11.6 Å². The van der Waals surface area contributed by atoms with Gasteiger partial charge in [-0.15, -0.1) is 0 Å². The second kappa shape index (κ2) is 7.20. The third kappa shape index (κ3) is 6.38. The van der Waals surface area contributed by atoms with Crippen molar-refractivity contribution in [1.29, 1.82) is 0 Å². The molecule has 21 heavy (non-hydrogen) atoms. The van der Waals surface area contributed by atoms with Crippen LogP contribution in [0.15, 0.2) is 12.4 Å². The summed E-state index contributed by atoms with van der Waals surface area (Å²) in [4.78, 5) is 22.5.